The van der Waals surface area contributed by atoms with Crippen LogP contribution in [-0.4, -0.2) is 54.5 Å². The van der Waals surface area contributed by atoms with E-state index in [0.29, 0.717) is 25.9 Å². The zero-order valence-electron chi connectivity index (χ0n) is 16.7. The Kier molecular flexibility index (Phi) is 8.39. The Balaban J connectivity index is 1.70. The van der Waals surface area contributed by atoms with Gasteiger partial charge in [-0.15, -0.1) is 0 Å². The lowest BCUT2D eigenvalue weighted by Crippen LogP contribution is -2.44. The van der Waals surface area contributed by atoms with Crippen LogP contribution < -0.4 is 10.6 Å². The Morgan fingerprint density at radius 2 is 1.79 bits per heavy atom. The normalized spacial score (nSPS) is 14.7. The highest BCUT2D eigenvalue weighted by Gasteiger charge is 2.28. The number of urea groups is 1. The van der Waals surface area contributed by atoms with Gasteiger partial charge in [0.1, 0.15) is 0 Å². The van der Waals surface area contributed by atoms with Crippen LogP contribution in [0, 0.1) is 5.92 Å². The van der Waals surface area contributed by atoms with Gasteiger partial charge in [-0.3, -0.25) is 19.7 Å². The number of ether oxygens (including phenoxy) is 1. The van der Waals surface area contributed by atoms with Gasteiger partial charge in [0.15, 0.2) is 6.61 Å². The van der Waals surface area contributed by atoms with Crippen molar-refractivity contribution in [3.63, 3.8) is 0 Å². The summed E-state index contributed by atoms with van der Waals surface area (Å²) in [6.07, 6.45) is 4.23. The Bertz CT molecular complexity index is 753. The minimum absolute atomic E-state index is 0.101. The molecular formula is C21H27N3O5. The van der Waals surface area contributed by atoms with Crippen LogP contribution in [0.1, 0.15) is 32.3 Å². The Labute approximate surface area is 170 Å². The third-order valence-electron chi connectivity index (χ3n) is 4.38. The van der Waals surface area contributed by atoms with Crippen LogP contribution in [0.25, 0.3) is 6.08 Å². The van der Waals surface area contributed by atoms with Crippen LogP contribution in [0.2, 0.25) is 0 Å². The smallest absolute Gasteiger partial charge is 0.321 e. The van der Waals surface area contributed by atoms with Crippen molar-refractivity contribution in [2.75, 3.05) is 19.7 Å². The highest BCUT2D eigenvalue weighted by atomic mass is 16.5. The molecule has 8 nitrogen and oxygen atoms in total. The number of nitrogens with one attached hydrogen (secondary N) is 2. The van der Waals surface area contributed by atoms with E-state index in [4.69, 9.17) is 4.74 Å². The zero-order chi connectivity index (χ0) is 21.2. The lowest BCUT2D eigenvalue weighted by molar-refractivity contribution is -0.154. The zero-order valence-corrected chi connectivity index (χ0v) is 16.7. The number of piperidine rings is 1. The maximum atomic E-state index is 12.3. The molecule has 0 radical (unpaired) electrons. The summed E-state index contributed by atoms with van der Waals surface area (Å²) in [4.78, 5) is 49.2. The summed E-state index contributed by atoms with van der Waals surface area (Å²) in [6.45, 7) is 3.90. The van der Waals surface area contributed by atoms with Gasteiger partial charge in [-0.2, -0.15) is 0 Å². The maximum absolute atomic E-state index is 12.3. The SMILES string of the molecule is CC(C)NC(=O)NC(=O)COC(=O)C1CCN(C(=O)/C=C/c2ccccc2)CC1. The van der Waals surface area contributed by atoms with Crippen LogP contribution in [0.15, 0.2) is 36.4 Å². The van der Waals surface area contributed by atoms with Crippen molar-refractivity contribution in [3.8, 4) is 0 Å². The molecule has 4 amide bonds. The van der Waals surface area contributed by atoms with Crippen LogP contribution in [-0.2, 0) is 19.1 Å². The van der Waals surface area contributed by atoms with Gasteiger partial charge in [-0.05, 0) is 38.3 Å². The average molecular weight is 401 g/mol. The molecule has 1 aliphatic rings. The molecule has 0 aliphatic carbocycles. The second-order valence-electron chi connectivity index (χ2n) is 7.13. The Morgan fingerprint density at radius 1 is 1.14 bits per heavy atom. The quantitative estimate of drug-likeness (QED) is 0.558. The maximum Gasteiger partial charge on any atom is 0.321 e. The predicted octanol–water partition coefficient (Wildman–Crippen LogP) is 1.72. The molecule has 0 bridgehead atoms. The molecule has 0 unspecified atom stereocenters. The molecule has 0 saturated carbocycles. The van der Waals surface area contributed by atoms with Crippen molar-refractivity contribution >= 4 is 29.9 Å². The minimum atomic E-state index is -0.685. The van der Waals surface area contributed by atoms with Crippen molar-refractivity contribution in [3.05, 3.63) is 42.0 Å². The van der Waals surface area contributed by atoms with Crippen molar-refractivity contribution in [1.82, 2.24) is 15.5 Å². The molecule has 0 atom stereocenters. The first-order chi connectivity index (χ1) is 13.8. The van der Waals surface area contributed by atoms with Crippen molar-refractivity contribution in [2.45, 2.75) is 32.7 Å². The number of amides is 4. The molecule has 1 fully saturated rings. The monoisotopic (exact) mass is 401 g/mol. The van der Waals surface area contributed by atoms with E-state index >= 15 is 0 Å². The lowest BCUT2D eigenvalue weighted by Gasteiger charge is -2.30. The van der Waals surface area contributed by atoms with Gasteiger partial charge in [0, 0.05) is 25.2 Å². The van der Waals surface area contributed by atoms with E-state index in [1.807, 2.05) is 30.3 Å². The first-order valence-corrected chi connectivity index (χ1v) is 9.64. The summed E-state index contributed by atoms with van der Waals surface area (Å²) in [5, 5.41) is 4.60. The molecule has 1 aliphatic heterocycles. The molecular weight excluding hydrogens is 374 g/mol. The minimum Gasteiger partial charge on any atom is -0.455 e. The molecule has 0 spiro atoms. The summed E-state index contributed by atoms with van der Waals surface area (Å²) in [7, 11) is 0. The van der Waals surface area contributed by atoms with Crippen LogP contribution in [0.5, 0.6) is 0 Å². The van der Waals surface area contributed by atoms with Crippen molar-refractivity contribution < 1.29 is 23.9 Å². The highest BCUT2D eigenvalue weighted by molar-refractivity contribution is 5.95. The molecule has 2 rings (SSSR count). The molecule has 1 saturated heterocycles. The average Bonchev–Trinajstić information content (AvgIpc) is 2.70. The van der Waals surface area contributed by atoms with Crippen molar-refractivity contribution in [1.29, 1.82) is 0 Å². The fourth-order valence-electron chi connectivity index (χ4n) is 2.89. The molecule has 2 N–H and O–H groups in total. The molecule has 1 aromatic carbocycles. The second-order valence-corrected chi connectivity index (χ2v) is 7.13. The number of imide groups is 1. The summed E-state index contributed by atoms with van der Waals surface area (Å²) >= 11 is 0. The van der Waals surface area contributed by atoms with E-state index in [2.05, 4.69) is 10.6 Å². The Hall–Kier alpha value is -3.16. The summed E-state index contributed by atoms with van der Waals surface area (Å²) < 4.78 is 5.00. The predicted molar refractivity (Wildman–Crippen MR) is 108 cm³/mol. The number of carbonyl (C=O) groups is 4. The topological polar surface area (TPSA) is 105 Å². The number of esters is 1. The molecule has 1 heterocycles. The third kappa shape index (κ3) is 7.77. The lowest BCUT2D eigenvalue weighted by atomic mass is 9.97. The molecule has 156 valence electrons. The number of hydrogen-bond acceptors (Lipinski definition) is 5. The largest absolute Gasteiger partial charge is 0.455 e. The fourth-order valence-corrected chi connectivity index (χ4v) is 2.89. The van der Waals surface area contributed by atoms with E-state index in [1.54, 1.807) is 24.8 Å². The van der Waals surface area contributed by atoms with E-state index in [-0.39, 0.29) is 17.9 Å². The van der Waals surface area contributed by atoms with Crippen LogP contribution in [0.4, 0.5) is 4.79 Å². The fraction of sp³-hybridized carbons (Fsp3) is 0.429. The van der Waals surface area contributed by atoms with E-state index in [0.717, 1.165) is 5.56 Å². The van der Waals surface area contributed by atoms with Gasteiger partial charge in [-0.1, -0.05) is 30.3 Å². The third-order valence-corrected chi connectivity index (χ3v) is 4.38. The highest BCUT2D eigenvalue weighted by Crippen LogP contribution is 2.19. The first kappa shape index (κ1) is 22.1. The first-order valence-electron chi connectivity index (χ1n) is 9.64. The van der Waals surface area contributed by atoms with E-state index in [9.17, 15) is 19.2 Å². The standard InChI is InChI=1S/C21H27N3O5/c1-15(2)22-21(28)23-18(25)14-29-20(27)17-10-12-24(13-11-17)19(26)9-8-16-6-4-3-5-7-16/h3-9,15,17H,10-14H2,1-2H3,(H2,22,23,25,28)/b9-8+. The van der Waals surface area contributed by atoms with E-state index < -0.39 is 24.5 Å². The Morgan fingerprint density at radius 3 is 2.41 bits per heavy atom. The molecule has 1 aromatic rings. The van der Waals surface area contributed by atoms with Crippen molar-refractivity contribution in [2.24, 2.45) is 5.92 Å². The van der Waals surface area contributed by atoms with Gasteiger partial charge in [0.05, 0.1) is 5.92 Å². The summed E-state index contributed by atoms with van der Waals surface area (Å²) in [5.41, 5.74) is 0.944. The number of rotatable bonds is 6. The van der Waals surface area contributed by atoms with Gasteiger partial charge in [0.2, 0.25) is 5.91 Å². The molecule has 0 aromatic heterocycles. The number of benzene rings is 1. The number of hydrogen-bond donors (Lipinski definition) is 2. The van der Waals surface area contributed by atoms with Gasteiger partial charge >= 0.3 is 12.0 Å². The number of carbonyl (C=O) groups excluding carboxylic acids is 4. The van der Waals surface area contributed by atoms with Gasteiger partial charge in [-0.25, -0.2) is 4.79 Å². The molecule has 29 heavy (non-hydrogen) atoms. The summed E-state index contributed by atoms with van der Waals surface area (Å²) in [5.74, 6) is -1.64. The van der Waals surface area contributed by atoms with Gasteiger partial charge in [0.25, 0.3) is 5.91 Å². The summed E-state index contributed by atoms with van der Waals surface area (Å²) in [6, 6.07) is 8.80. The van der Waals surface area contributed by atoms with Crippen LogP contribution in [0.3, 0.4) is 0 Å². The second kappa shape index (κ2) is 11.0. The molecule has 8 heteroatoms. The number of likely N-dealkylation sites (tertiary alicyclic amines) is 1. The van der Waals surface area contributed by atoms with E-state index in [1.165, 1.54) is 6.08 Å². The van der Waals surface area contributed by atoms with Gasteiger partial charge < -0.3 is 15.0 Å². The van der Waals surface area contributed by atoms with Crippen LogP contribution >= 0.6 is 0 Å². The number of nitrogens with zero attached hydrogens (tertiary/aromatic N) is 1.